The number of hydrogen-bond donors (Lipinski definition) is 2. The Bertz CT molecular complexity index is 2020. The van der Waals surface area contributed by atoms with E-state index in [9.17, 15) is 9.59 Å². The third-order valence-corrected chi connectivity index (χ3v) is 9.88. The maximum absolute atomic E-state index is 12.6. The Morgan fingerprint density at radius 3 is 1.71 bits per heavy atom. The van der Waals surface area contributed by atoms with Crippen molar-refractivity contribution in [1.82, 2.24) is 5.32 Å². The summed E-state index contributed by atoms with van der Waals surface area (Å²) in [5.41, 5.74) is 1.31. The molecule has 0 saturated carbocycles. The van der Waals surface area contributed by atoms with Gasteiger partial charge in [-0.25, -0.2) is 0 Å². The quantitative estimate of drug-likeness (QED) is 0.0374. The number of carbonyl (C=O) groups excluding carboxylic acids is 2. The van der Waals surface area contributed by atoms with Crippen molar-refractivity contribution in [3.8, 4) is 0 Å². The maximum atomic E-state index is 12.6. The lowest BCUT2D eigenvalue weighted by Crippen LogP contribution is -2.24. The minimum atomic E-state index is -0.0874. The average molecular weight is 616 g/mol. The summed E-state index contributed by atoms with van der Waals surface area (Å²) in [5, 5.41) is 19.0. The molecule has 4 nitrogen and oxygen atoms in total. The second-order valence-corrected chi connectivity index (χ2v) is 13.1. The number of rotatable bonds is 16. The summed E-state index contributed by atoms with van der Waals surface area (Å²) in [5.74, 6) is 0.604. The summed E-state index contributed by atoms with van der Waals surface area (Å²) in [4.78, 5) is 24.0. The summed E-state index contributed by atoms with van der Waals surface area (Å²) >= 11 is 4.08. The van der Waals surface area contributed by atoms with Crippen LogP contribution in [0.25, 0.3) is 64.6 Å². The van der Waals surface area contributed by atoms with E-state index in [-0.39, 0.29) is 11.9 Å². The van der Waals surface area contributed by atoms with Crippen molar-refractivity contribution in [2.24, 2.45) is 0 Å². The summed E-state index contributed by atoms with van der Waals surface area (Å²) in [6.45, 7) is 1.27. The van der Waals surface area contributed by atoms with E-state index < -0.39 is 0 Å². The molecule has 0 saturated heterocycles. The van der Waals surface area contributed by atoms with Gasteiger partial charge in [-0.1, -0.05) is 98.8 Å². The van der Waals surface area contributed by atoms with E-state index in [0.717, 1.165) is 51.5 Å². The fraction of sp³-hybridized carbons (Fsp3) is 0.350. The topological polar surface area (TPSA) is 55.4 Å². The molecule has 1 N–H and O–H groups in total. The number of unbranched alkanes of at least 4 members (excludes halogenated alkanes) is 6. The van der Waals surface area contributed by atoms with Gasteiger partial charge in [-0.2, -0.15) is 12.6 Å². The van der Waals surface area contributed by atoms with Gasteiger partial charge >= 0.3 is 5.97 Å². The highest BCUT2D eigenvalue weighted by Gasteiger charge is 2.21. The lowest BCUT2D eigenvalue weighted by Gasteiger charge is -2.22. The monoisotopic (exact) mass is 615 g/mol. The van der Waals surface area contributed by atoms with Crippen LogP contribution in [0.4, 0.5) is 0 Å². The van der Waals surface area contributed by atoms with Gasteiger partial charge in [0, 0.05) is 19.4 Å². The number of amides is 1. The van der Waals surface area contributed by atoms with Crippen molar-refractivity contribution in [2.75, 3.05) is 18.9 Å². The molecule has 5 heteroatoms. The predicted octanol–water partition coefficient (Wildman–Crippen LogP) is 9.95. The Morgan fingerprint density at radius 1 is 0.578 bits per heavy atom. The van der Waals surface area contributed by atoms with Crippen LogP contribution in [0.1, 0.15) is 69.8 Å². The van der Waals surface area contributed by atoms with E-state index in [0.29, 0.717) is 25.2 Å². The summed E-state index contributed by atoms with van der Waals surface area (Å²) in [6.07, 6.45) is 10.3. The van der Waals surface area contributed by atoms with E-state index in [1.54, 1.807) is 0 Å². The zero-order chi connectivity index (χ0) is 30.8. The molecule has 7 aromatic carbocycles. The van der Waals surface area contributed by atoms with Crippen molar-refractivity contribution in [3.63, 3.8) is 0 Å². The molecule has 0 aliphatic carbocycles. The largest absolute Gasteiger partial charge is 0.466 e. The molecule has 1 amide bonds. The lowest BCUT2D eigenvalue weighted by atomic mass is 9.81. The van der Waals surface area contributed by atoms with Gasteiger partial charge in [0.25, 0.3) is 0 Å². The number of benzene rings is 7. The van der Waals surface area contributed by atoms with Gasteiger partial charge in [-0.15, -0.1) is 0 Å². The molecule has 7 rings (SSSR count). The van der Waals surface area contributed by atoms with Gasteiger partial charge in [-0.3, -0.25) is 9.59 Å². The second-order valence-electron chi connectivity index (χ2n) is 12.6. The Kier molecular flexibility index (Phi) is 8.80. The lowest BCUT2D eigenvalue weighted by molar-refractivity contribution is -0.143. The molecular weight excluding hydrogens is 575 g/mol. The van der Waals surface area contributed by atoms with Crippen molar-refractivity contribution >= 4 is 89.1 Å². The van der Waals surface area contributed by atoms with Crippen LogP contribution in [-0.4, -0.2) is 30.8 Å². The number of carbonyl (C=O) groups is 2. The fourth-order valence-corrected chi connectivity index (χ4v) is 7.68. The Morgan fingerprint density at radius 2 is 1.09 bits per heavy atom. The van der Waals surface area contributed by atoms with Crippen LogP contribution in [0.2, 0.25) is 0 Å². The minimum absolute atomic E-state index is 0.0874. The molecule has 0 aliphatic heterocycles. The minimum Gasteiger partial charge on any atom is -0.466 e. The van der Waals surface area contributed by atoms with Crippen LogP contribution in [0, 0.1) is 0 Å². The van der Waals surface area contributed by atoms with Crippen LogP contribution < -0.4 is 5.32 Å². The van der Waals surface area contributed by atoms with E-state index in [2.05, 4.69) is 84.7 Å². The van der Waals surface area contributed by atoms with E-state index in [1.165, 1.54) is 83.0 Å². The molecule has 7 aromatic rings. The number of nitrogens with one attached hydrogen (secondary N) is 1. The first-order valence-electron chi connectivity index (χ1n) is 16.8. The van der Waals surface area contributed by atoms with Gasteiger partial charge in [-0.05, 0) is 102 Å². The second kappa shape index (κ2) is 13.3. The highest BCUT2D eigenvalue weighted by Crippen LogP contribution is 2.48. The normalized spacial score (nSPS) is 12.2. The first-order valence-corrected chi connectivity index (χ1v) is 17.4. The Balaban J connectivity index is 0.945. The van der Waals surface area contributed by atoms with Crippen LogP contribution in [-0.2, 0) is 20.7 Å². The molecule has 0 radical (unpaired) electrons. The summed E-state index contributed by atoms with van der Waals surface area (Å²) < 4.78 is 5.59. The van der Waals surface area contributed by atoms with Gasteiger partial charge in [0.15, 0.2) is 0 Å². The van der Waals surface area contributed by atoms with Crippen molar-refractivity contribution in [2.45, 2.75) is 70.6 Å². The average Bonchev–Trinajstić information content (AvgIpc) is 3.06. The maximum Gasteiger partial charge on any atom is 0.305 e. The zero-order valence-electron chi connectivity index (χ0n) is 25.9. The van der Waals surface area contributed by atoms with Gasteiger partial charge in [0.1, 0.15) is 0 Å². The number of aryl methyl sites for hydroxylation is 1. The molecule has 0 spiro atoms. The number of ether oxygens (including phenoxy) is 1. The zero-order valence-corrected chi connectivity index (χ0v) is 26.8. The molecule has 0 unspecified atom stereocenters. The Labute approximate surface area is 269 Å². The van der Waals surface area contributed by atoms with Crippen LogP contribution in [0.3, 0.4) is 0 Å². The van der Waals surface area contributed by atoms with Crippen LogP contribution >= 0.6 is 12.6 Å². The SMILES string of the molecule is O=C(CCS)NCCCCCCCCCOC(=O)CCCc1cc2ccc3ccc4ccc5ccc6ccc1c1c6c5c4c3c21. The van der Waals surface area contributed by atoms with Crippen LogP contribution in [0.5, 0.6) is 0 Å². The standard InChI is InChI=1S/C40H41NO3S/c42-33(21-24-45)41-22-6-4-2-1-3-5-7-23-44-34(43)10-8-9-30-25-31-18-17-28-14-12-26-11-13-27-15-16-29-19-20-32(30)40-38(29)36(27)35(26)37(28)39(31)40/h11-20,25,45H,1-10,21-24H2,(H,41,42). The first kappa shape index (κ1) is 29.9. The molecule has 230 valence electrons. The summed E-state index contributed by atoms with van der Waals surface area (Å²) in [6, 6.07) is 25.1. The molecule has 0 bridgehead atoms. The highest BCUT2D eigenvalue weighted by molar-refractivity contribution is 7.80. The number of hydrogen-bond acceptors (Lipinski definition) is 4. The summed E-state index contributed by atoms with van der Waals surface area (Å²) in [7, 11) is 0. The van der Waals surface area contributed by atoms with E-state index >= 15 is 0 Å². The van der Waals surface area contributed by atoms with Gasteiger partial charge in [0.2, 0.25) is 5.91 Å². The fourth-order valence-electron chi connectivity index (χ4n) is 7.48. The number of esters is 1. The molecule has 0 heterocycles. The van der Waals surface area contributed by atoms with E-state index in [4.69, 9.17) is 4.74 Å². The predicted molar refractivity (Wildman–Crippen MR) is 193 cm³/mol. The Hall–Kier alpha value is -3.83. The van der Waals surface area contributed by atoms with Crippen LogP contribution in [0.15, 0.2) is 66.7 Å². The molecule has 45 heavy (non-hydrogen) atoms. The van der Waals surface area contributed by atoms with E-state index in [1.807, 2.05) is 0 Å². The highest BCUT2D eigenvalue weighted by atomic mass is 32.1. The smallest absolute Gasteiger partial charge is 0.305 e. The molecular formula is C40H41NO3S. The molecule has 0 aliphatic rings. The third-order valence-electron chi connectivity index (χ3n) is 9.66. The molecule has 0 atom stereocenters. The van der Waals surface area contributed by atoms with Crippen molar-refractivity contribution in [3.05, 3.63) is 72.3 Å². The van der Waals surface area contributed by atoms with Crippen molar-refractivity contribution < 1.29 is 14.3 Å². The van der Waals surface area contributed by atoms with Gasteiger partial charge < -0.3 is 10.1 Å². The molecule has 0 fully saturated rings. The third kappa shape index (κ3) is 5.83. The first-order chi connectivity index (χ1) is 22.1. The molecule has 0 aromatic heterocycles. The number of thiol groups is 1. The van der Waals surface area contributed by atoms with Gasteiger partial charge in [0.05, 0.1) is 6.61 Å². The van der Waals surface area contributed by atoms with Crippen molar-refractivity contribution in [1.29, 1.82) is 0 Å².